The van der Waals surface area contributed by atoms with E-state index in [0.717, 1.165) is 18.4 Å². The van der Waals surface area contributed by atoms with Crippen molar-refractivity contribution < 1.29 is 41.0 Å². The molecule has 164 valence electrons. The Morgan fingerprint density at radius 3 is 2.66 bits per heavy atom. The molecule has 12 heteroatoms. The highest BCUT2D eigenvalue weighted by Crippen LogP contribution is 2.34. The van der Waals surface area contributed by atoms with Gasteiger partial charge in [-0.2, -0.15) is 17.5 Å². The molecule has 2 fully saturated rings. The van der Waals surface area contributed by atoms with Crippen LogP contribution in [0.4, 0.5) is 13.2 Å². The van der Waals surface area contributed by atoms with Crippen LogP contribution in [-0.4, -0.2) is 72.1 Å². The van der Waals surface area contributed by atoms with Crippen molar-refractivity contribution >= 4 is 16.0 Å². The highest BCUT2D eigenvalue weighted by Gasteiger charge is 2.46. The highest BCUT2D eigenvalue weighted by molar-refractivity contribution is 7.89. The zero-order valence-corrected chi connectivity index (χ0v) is 16.5. The minimum atomic E-state index is -5.08. The number of alkyl halides is 3. The van der Waals surface area contributed by atoms with Gasteiger partial charge in [0.05, 0.1) is 31.1 Å². The summed E-state index contributed by atoms with van der Waals surface area (Å²) in [5.41, 5.74) is 1.01. The zero-order chi connectivity index (χ0) is 21.7. The average molecular weight is 440 g/mol. The van der Waals surface area contributed by atoms with Crippen molar-refractivity contribution in [1.82, 2.24) is 9.29 Å². The number of halogens is 3. The van der Waals surface area contributed by atoms with Crippen molar-refractivity contribution in [2.75, 3.05) is 18.9 Å². The van der Waals surface area contributed by atoms with E-state index in [2.05, 4.69) is 4.98 Å². The van der Waals surface area contributed by atoms with Crippen LogP contribution in [0.25, 0.3) is 0 Å². The lowest BCUT2D eigenvalue weighted by molar-refractivity contribution is -0.192. The van der Waals surface area contributed by atoms with Gasteiger partial charge < -0.3 is 14.6 Å². The number of carboxylic acids is 1. The molecule has 3 atom stereocenters. The van der Waals surface area contributed by atoms with Gasteiger partial charge in [-0.05, 0) is 31.4 Å². The molecule has 0 aromatic carbocycles. The summed E-state index contributed by atoms with van der Waals surface area (Å²) in [6.07, 6.45) is -0.172. The SMILES string of the molecule is CCS(=O)(=O)N1CCO[C@H]2[C@@H](OCc3cccnc3)CC[C@@H]21.O=C(O)C(F)(F)F. The monoisotopic (exact) mass is 440 g/mol. The van der Waals surface area contributed by atoms with Crippen molar-refractivity contribution in [2.45, 2.75) is 50.8 Å². The molecule has 0 unspecified atom stereocenters. The number of carbonyl (C=O) groups is 1. The second-order valence-electron chi connectivity index (χ2n) is 6.51. The molecule has 8 nitrogen and oxygen atoms in total. The smallest absolute Gasteiger partial charge is 0.475 e. The Labute approximate surface area is 166 Å². The Bertz CT molecular complexity index is 775. The molecule has 1 aromatic heterocycles. The van der Waals surface area contributed by atoms with E-state index in [-0.39, 0.29) is 24.0 Å². The second-order valence-corrected chi connectivity index (χ2v) is 8.72. The fourth-order valence-electron chi connectivity index (χ4n) is 3.26. The first-order valence-corrected chi connectivity index (χ1v) is 10.6. The van der Waals surface area contributed by atoms with E-state index in [1.165, 1.54) is 0 Å². The lowest BCUT2D eigenvalue weighted by atomic mass is 10.1. The molecular weight excluding hydrogens is 417 g/mol. The summed E-state index contributed by atoms with van der Waals surface area (Å²) in [6.45, 7) is 3.05. The molecular formula is C17H23F3N2O6S. The number of nitrogens with zero attached hydrogens (tertiary/aromatic N) is 2. The minimum absolute atomic E-state index is 0.0555. The number of hydrogen-bond donors (Lipinski definition) is 1. The highest BCUT2D eigenvalue weighted by atomic mass is 32.2. The normalized spacial score (nSPS) is 25.0. The Balaban J connectivity index is 0.000000370. The summed E-state index contributed by atoms with van der Waals surface area (Å²) in [4.78, 5) is 13.0. The summed E-state index contributed by atoms with van der Waals surface area (Å²) >= 11 is 0. The van der Waals surface area contributed by atoms with Crippen molar-refractivity contribution in [1.29, 1.82) is 0 Å². The van der Waals surface area contributed by atoms with Crippen molar-refractivity contribution in [2.24, 2.45) is 0 Å². The lowest BCUT2D eigenvalue weighted by Crippen LogP contribution is -2.54. The molecule has 1 N–H and O–H groups in total. The number of fused-ring (bicyclic) bond motifs is 1. The van der Waals surface area contributed by atoms with E-state index in [0.29, 0.717) is 19.8 Å². The first kappa shape index (κ1) is 23.5. The van der Waals surface area contributed by atoms with Gasteiger partial charge in [0.25, 0.3) is 0 Å². The van der Waals surface area contributed by atoms with Crippen molar-refractivity contribution in [3.8, 4) is 0 Å². The molecule has 1 aromatic rings. The summed E-state index contributed by atoms with van der Waals surface area (Å²) in [7, 11) is -3.18. The van der Waals surface area contributed by atoms with E-state index in [4.69, 9.17) is 19.4 Å². The van der Waals surface area contributed by atoms with Crippen LogP contribution in [-0.2, 0) is 30.9 Å². The van der Waals surface area contributed by atoms with Crippen molar-refractivity contribution in [3.63, 3.8) is 0 Å². The number of rotatable bonds is 5. The van der Waals surface area contributed by atoms with Crippen molar-refractivity contribution in [3.05, 3.63) is 30.1 Å². The average Bonchev–Trinajstić information content (AvgIpc) is 3.10. The zero-order valence-electron chi connectivity index (χ0n) is 15.7. The first-order chi connectivity index (χ1) is 13.6. The predicted octanol–water partition coefficient (Wildman–Crippen LogP) is 1.81. The molecule has 2 aliphatic rings. The molecule has 0 bridgehead atoms. The van der Waals surface area contributed by atoms with Gasteiger partial charge in [-0.25, -0.2) is 13.2 Å². The number of aromatic nitrogens is 1. The largest absolute Gasteiger partial charge is 0.490 e. The molecule has 0 radical (unpaired) electrons. The summed E-state index contributed by atoms with van der Waals surface area (Å²) in [5.74, 6) is -2.62. The quantitative estimate of drug-likeness (QED) is 0.744. The van der Waals surface area contributed by atoms with E-state index in [1.807, 2.05) is 12.1 Å². The third-order valence-corrected chi connectivity index (χ3v) is 6.53. The van der Waals surface area contributed by atoms with Gasteiger partial charge >= 0.3 is 12.1 Å². The van der Waals surface area contributed by atoms with Crippen LogP contribution in [0.15, 0.2) is 24.5 Å². The van der Waals surface area contributed by atoms with Crippen LogP contribution in [0, 0.1) is 0 Å². The van der Waals surface area contributed by atoms with Gasteiger partial charge in [0.2, 0.25) is 10.0 Å². The summed E-state index contributed by atoms with van der Waals surface area (Å²) < 4.78 is 69.6. The van der Waals surface area contributed by atoms with E-state index >= 15 is 0 Å². The minimum Gasteiger partial charge on any atom is -0.475 e. The van der Waals surface area contributed by atoms with Crippen LogP contribution < -0.4 is 0 Å². The number of pyridine rings is 1. The Hall–Kier alpha value is -1.76. The van der Waals surface area contributed by atoms with Crippen LogP contribution in [0.1, 0.15) is 25.3 Å². The third kappa shape index (κ3) is 6.36. The number of hydrogen-bond acceptors (Lipinski definition) is 6. The maximum atomic E-state index is 12.2. The Kier molecular flexibility index (Phi) is 7.97. The topological polar surface area (TPSA) is 106 Å². The van der Waals surface area contributed by atoms with E-state index in [9.17, 15) is 21.6 Å². The molecule has 29 heavy (non-hydrogen) atoms. The Morgan fingerprint density at radius 1 is 1.41 bits per heavy atom. The molecule has 0 amide bonds. The van der Waals surface area contributed by atoms with Gasteiger partial charge in [0.15, 0.2) is 0 Å². The maximum Gasteiger partial charge on any atom is 0.490 e. The van der Waals surface area contributed by atoms with Crippen LogP contribution in [0.3, 0.4) is 0 Å². The van der Waals surface area contributed by atoms with Crippen LogP contribution in [0.2, 0.25) is 0 Å². The number of ether oxygens (including phenoxy) is 2. The molecule has 1 saturated heterocycles. The molecule has 1 aliphatic heterocycles. The maximum absolute atomic E-state index is 12.2. The van der Waals surface area contributed by atoms with Gasteiger partial charge in [-0.15, -0.1) is 0 Å². The fourth-order valence-corrected chi connectivity index (χ4v) is 4.58. The van der Waals surface area contributed by atoms with Gasteiger partial charge in [-0.1, -0.05) is 6.07 Å². The predicted molar refractivity (Wildman–Crippen MR) is 95.4 cm³/mol. The molecule has 2 heterocycles. The fraction of sp³-hybridized carbons (Fsp3) is 0.647. The standard InChI is InChI=1S/C15H22N2O4S.C2HF3O2/c1-2-22(18,19)17-8-9-20-15-13(17)5-6-14(15)21-11-12-4-3-7-16-10-12;3-2(4,5)1(6)7/h3-4,7,10,13-15H,2,5-6,8-9,11H2,1H3;(H,6,7)/t13-,14-,15+;/m0./s1. The Morgan fingerprint density at radius 2 is 2.10 bits per heavy atom. The molecule has 0 spiro atoms. The van der Waals surface area contributed by atoms with E-state index in [1.54, 1.807) is 23.6 Å². The van der Waals surface area contributed by atoms with Gasteiger partial charge in [0, 0.05) is 18.9 Å². The number of aliphatic carboxylic acids is 1. The van der Waals surface area contributed by atoms with Crippen LogP contribution in [0.5, 0.6) is 0 Å². The van der Waals surface area contributed by atoms with Gasteiger partial charge in [0.1, 0.15) is 6.10 Å². The van der Waals surface area contributed by atoms with E-state index < -0.39 is 22.2 Å². The number of carboxylic acid groups (broad SMARTS) is 1. The third-order valence-electron chi connectivity index (χ3n) is 4.64. The number of sulfonamides is 1. The molecule has 1 saturated carbocycles. The summed E-state index contributed by atoms with van der Waals surface area (Å²) in [5, 5.41) is 7.12. The molecule has 1 aliphatic carbocycles. The second kappa shape index (κ2) is 9.83. The number of morpholine rings is 1. The lowest BCUT2D eigenvalue weighted by Gasteiger charge is -2.37. The van der Waals surface area contributed by atoms with Crippen LogP contribution >= 0.6 is 0 Å². The van der Waals surface area contributed by atoms with Gasteiger partial charge in [-0.3, -0.25) is 4.98 Å². The summed E-state index contributed by atoms with van der Waals surface area (Å²) in [6, 6.07) is 3.76. The first-order valence-electron chi connectivity index (χ1n) is 8.98. The molecule has 3 rings (SSSR count).